The van der Waals surface area contributed by atoms with Crippen molar-refractivity contribution in [1.29, 1.82) is 0 Å². The summed E-state index contributed by atoms with van der Waals surface area (Å²) >= 11 is 0. The Labute approximate surface area is 147 Å². The van der Waals surface area contributed by atoms with Crippen LogP contribution in [0.1, 0.15) is 34.9 Å². The van der Waals surface area contributed by atoms with Crippen LogP contribution in [-0.2, 0) is 7.05 Å². The normalized spacial score (nSPS) is 15.3. The highest BCUT2D eigenvalue weighted by molar-refractivity contribution is 5.94. The Morgan fingerprint density at radius 2 is 2.04 bits per heavy atom. The molecular weight excluding hydrogens is 338 g/mol. The van der Waals surface area contributed by atoms with Crippen LogP contribution >= 0.6 is 0 Å². The molecule has 26 heavy (non-hydrogen) atoms. The van der Waals surface area contributed by atoms with Crippen LogP contribution in [0.3, 0.4) is 0 Å². The molecule has 0 aliphatic carbocycles. The van der Waals surface area contributed by atoms with Crippen LogP contribution in [0.5, 0.6) is 0 Å². The van der Waals surface area contributed by atoms with Gasteiger partial charge in [-0.3, -0.25) is 14.3 Å². The Morgan fingerprint density at radius 3 is 2.62 bits per heavy atom. The highest BCUT2D eigenvalue weighted by atomic mass is 16.2. The van der Waals surface area contributed by atoms with Gasteiger partial charge >= 0.3 is 5.69 Å². The predicted molar refractivity (Wildman–Crippen MR) is 89.1 cm³/mol. The molecule has 1 aliphatic rings. The van der Waals surface area contributed by atoms with Crippen molar-refractivity contribution >= 4 is 5.91 Å². The third-order valence-corrected chi connectivity index (χ3v) is 4.65. The minimum Gasteiger partial charge on any atom is -0.339 e. The zero-order chi connectivity index (χ0) is 18.1. The van der Waals surface area contributed by atoms with Crippen molar-refractivity contribution in [3.8, 4) is 11.5 Å². The van der Waals surface area contributed by atoms with E-state index in [0.717, 1.165) is 18.7 Å². The molecule has 4 rings (SSSR count). The first-order valence-corrected chi connectivity index (χ1v) is 8.24. The third kappa shape index (κ3) is 2.87. The summed E-state index contributed by atoms with van der Waals surface area (Å²) < 4.78 is 1.53. The van der Waals surface area contributed by atoms with Crippen LogP contribution in [0.2, 0.25) is 0 Å². The summed E-state index contributed by atoms with van der Waals surface area (Å²) in [5.41, 5.74) is 0.850. The number of carbonyl (C=O) groups excluding carboxylic acids is 1. The topological polar surface area (TPSA) is 138 Å². The van der Waals surface area contributed by atoms with E-state index in [-0.39, 0.29) is 17.5 Å². The van der Waals surface area contributed by atoms with Gasteiger partial charge in [-0.2, -0.15) is 10.3 Å². The summed E-state index contributed by atoms with van der Waals surface area (Å²) in [4.78, 5) is 30.2. The van der Waals surface area contributed by atoms with Gasteiger partial charge in [0.05, 0.1) is 5.56 Å². The van der Waals surface area contributed by atoms with Crippen LogP contribution in [0, 0.1) is 0 Å². The molecule has 0 bridgehead atoms. The molecule has 3 aromatic rings. The van der Waals surface area contributed by atoms with Gasteiger partial charge in [0.1, 0.15) is 11.5 Å². The fourth-order valence-corrected chi connectivity index (χ4v) is 3.17. The standard InChI is InChI=1S/C15H17N9O2/c1-23-13(19-20-15(23)26)9-4-6-24(7-5-9)14(25)10-2-3-11(16-8-10)12-17-21-22-18-12/h2-3,8-9H,4-7H2,1H3,(H,20,26)(H,17,18,21,22). The van der Waals surface area contributed by atoms with E-state index in [1.54, 1.807) is 24.1 Å². The molecule has 11 nitrogen and oxygen atoms in total. The number of hydrogen-bond donors (Lipinski definition) is 2. The van der Waals surface area contributed by atoms with Crippen LogP contribution < -0.4 is 5.69 Å². The van der Waals surface area contributed by atoms with Crippen molar-refractivity contribution in [2.45, 2.75) is 18.8 Å². The summed E-state index contributed by atoms with van der Waals surface area (Å²) in [6.07, 6.45) is 3.05. The number of tetrazole rings is 1. The number of aromatic amines is 2. The molecule has 1 aliphatic heterocycles. The highest BCUT2D eigenvalue weighted by Crippen LogP contribution is 2.26. The highest BCUT2D eigenvalue weighted by Gasteiger charge is 2.27. The molecule has 0 atom stereocenters. The fourth-order valence-electron chi connectivity index (χ4n) is 3.17. The first kappa shape index (κ1) is 16.1. The van der Waals surface area contributed by atoms with Crippen molar-refractivity contribution in [2.75, 3.05) is 13.1 Å². The average molecular weight is 355 g/mol. The summed E-state index contributed by atoms with van der Waals surface area (Å²) in [5.74, 6) is 1.23. The molecule has 4 heterocycles. The minimum absolute atomic E-state index is 0.0634. The Hall–Kier alpha value is -3.37. The zero-order valence-corrected chi connectivity index (χ0v) is 14.1. The van der Waals surface area contributed by atoms with Gasteiger partial charge in [0.15, 0.2) is 0 Å². The maximum absolute atomic E-state index is 12.7. The minimum atomic E-state index is -0.216. The van der Waals surface area contributed by atoms with E-state index >= 15 is 0 Å². The smallest absolute Gasteiger partial charge is 0.339 e. The lowest BCUT2D eigenvalue weighted by Crippen LogP contribution is -2.38. The Balaban J connectivity index is 1.42. The van der Waals surface area contributed by atoms with Crippen molar-refractivity contribution in [1.82, 2.24) is 45.3 Å². The Bertz CT molecular complexity index is 950. The number of pyridine rings is 1. The second-order valence-corrected chi connectivity index (χ2v) is 6.18. The summed E-state index contributed by atoms with van der Waals surface area (Å²) in [5, 5.41) is 20.1. The summed E-state index contributed by atoms with van der Waals surface area (Å²) in [6, 6.07) is 3.41. The van der Waals surface area contributed by atoms with E-state index < -0.39 is 0 Å². The monoisotopic (exact) mass is 355 g/mol. The molecule has 11 heteroatoms. The number of rotatable bonds is 3. The van der Waals surface area contributed by atoms with E-state index in [1.807, 2.05) is 0 Å². The third-order valence-electron chi connectivity index (χ3n) is 4.65. The second-order valence-electron chi connectivity index (χ2n) is 6.18. The fraction of sp³-hybridized carbons (Fsp3) is 0.400. The first-order chi connectivity index (χ1) is 12.6. The van der Waals surface area contributed by atoms with Crippen LogP contribution in [0.25, 0.3) is 11.5 Å². The van der Waals surface area contributed by atoms with Gasteiger partial charge in [-0.25, -0.2) is 9.89 Å². The van der Waals surface area contributed by atoms with Gasteiger partial charge in [0.2, 0.25) is 5.82 Å². The number of hydrogen-bond acceptors (Lipinski definition) is 7. The number of carbonyl (C=O) groups is 1. The number of nitrogens with one attached hydrogen (secondary N) is 2. The maximum atomic E-state index is 12.7. The molecule has 134 valence electrons. The lowest BCUT2D eigenvalue weighted by molar-refractivity contribution is 0.0710. The summed E-state index contributed by atoms with van der Waals surface area (Å²) in [7, 11) is 1.70. The number of amides is 1. The van der Waals surface area contributed by atoms with E-state index in [1.165, 1.54) is 10.8 Å². The van der Waals surface area contributed by atoms with Crippen molar-refractivity contribution < 1.29 is 4.79 Å². The van der Waals surface area contributed by atoms with E-state index in [0.29, 0.717) is 30.2 Å². The van der Waals surface area contributed by atoms with E-state index in [4.69, 9.17) is 0 Å². The zero-order valence-electron chi connectivity index (χ0n) is 14.1. The quantitative estimate of drug-likeness (QED) is 0.658. The second kappa shape index (κ2) is 6.50. The van der Waals surface area contributed by atoms with Crippen molar-refractivity contribution in [2.24, 2.45) is 7.05 Å². The van der Waals surface area contributed by atoms with E-state index in [2.05, 4.69) is 35.8 Å². The molecular formula is C15H17N9O2. The average Bonchev–Trinajstić information content (AvgIpc) is 3.33. The van der Waals surface area contributed by atoms with Gasteiger partial charge in [-0.1, -0.05) is 0 Å². The van der Waals surface area contributed by atoms with Crippen molar-refractivity contribution in [3.63, 3.8) is 0 Å². The Kier molecular flexibility index (Phi) is 4.03. The molecule has 3 aromatic heterocycles. The molecule has 0 radical (unpaired) electrons. The van der Waals surface area contributed by atoms with Crippen LogP contribution in [0.4, 0.5) is 0 Å². The van der Waals surface area contributed by atoms with Gasteiger partial charge in [-0.15, -0.1) is 10.2 Å². The van der Waals surface area contributed by atoms with E-state index in [9.17, 15) is 9.59 Å². The maximum Gasteiger partial charge on any atom is 0.343 e. The van der Waals surface area contributed by atoms with Crippen LogP contribution in [0.15, 0.2) is 23.1 Å². The molecule has 1 amide bonds. The molecule has 0 aromatic carbocycles. The largest absolute Gasteiger partial charge is 0.343 e. The van der Waals surface area contributed by atoms with Gasteiger partial charge in [0, 0.05) is 32.3 Å². The SMILES string of the molecule is Cn1c(C2CCN(C(=O)c3ccc(-c4nn[nH]n4)nc3)CC2)n[nH]c1=O. The lowest BCUT2D eigenvalue weighted by atomic mass is 9.95. The number of nitrogens with zero attached hydrogens (tertiary/aromatic N) is 7. The number of aromatic nitrogens is 8. The molecule has 0 saturated carbocycles. The Morgan fingerprint density at radius 1 is 1.23 bits per heavy atom. The van der Waals surface area contributed by atoms with Crippen LogP contribution in [-0.4, -0.2) is 64.3 Å². The summed E-state index contributed by atoms with van der Waals surface area (Å²) in [6.45, 7) is 1.22. The molecule has 0 unspecified atom stereocenters. The lowest BCUT2D eigenvalue weighted by Gasteiger charge is -2.31. The molecule has 2 N–H and O–H groups in total. The number of likely N-dealkylation sites (tertiary alicyclic amines) is 1. The molecule has 1 fully saturated rings. The number of H-pyrrole nitrogens is 2. The molecule has 0 spiro atoms. The molecule has 1 saturated heterocycles. The first-order valence-electron chi connectivity index (χ1n) is 8.24. The number of piperidine rings is 1. The van der Waals surface area contributed by atoms with Gasteiger partial charge in [-0.05, 0) is 30.2 Å². The predicted octanol–water partition coefficient (Wildman–Crippen LogP) is -0.297. The van der Waals surface area contributed by atoms with Gasteiger partial charge in [0.25, 0.3) is 5.91 Å². The van der Waals surface area contributed by atoms with Crippen molar-refractivity contribution in [3.05, 3.63) is 40.2 Å². The van der Waals surface area contributed by atoms with Gasteiger partial charge < -0.3 is 4.90 Å².